The molecular weight excluding hydrogens is 343 g/mol. The van der Waals surface area contributed by atoms with Crippen LogP contribution in [0.1, 0.15) is 11.1 Å². The van der Waals surface area contributed by atoms with Gasteiger partial charge in [0.05, 0.1) is 0 Å². The molecule has 18 heavy (non-hydrogen) atoms. The molecule has 1 N–H and O–H groups in total. The molecule has 0 spiro atoms. The molecule has 0 bridgehead atoms. The Balaban J connectivity index is 1.91. The van der Waals surface area contributed by atoms with Crippen LogP contribution >= 0.6 is 0 Å². The number of hydrogen-bond donors (Lipinski definition) is 0. The second-order valence-electron chi connectivity index (χ2n) is 3.95. The van der Waals surface area contributed by atoms with E-state index in [1.807, 2.05) is 24.3 Å². The molecule has 2 aromatic rings. The second-order valence-corrected chi connectivity index (χ2v) is 6.25. The summed E-state index contributed by atoms with van der Waals surface area (Å²) in [6.45, 7) is 0. The fraction of sp³-hybridized carbons (Fsp3) is 0. The van der Waals surface area contributed by atoms with Crippen LogP contribution in [0.3, 0.4) is 0 Å². The van der Waals surface area contributed by atoms with Crippen molar-refractivity contribution in [2.75, 3.05) is 0 Å². The summed E-state index contributed by atoms with van der Waals surface area (Å²) in [7, 11) is 0. The Morgan fingerprint density at radius 2 is 1.67 bits per heavy atom. The monoisotopic (exact) mass is 356 g/mol. The Labute approximate surface area is 115 Å². The van der Waals surface area contributed by atoms with Crippen molar-refractivity contribution in [2.24, 2.45) is 0 Å². The fourth-order valence-electron chi connectivity index (χ4n) is 1.80. The molecule has 2 aromatic carbocycles. The summed E-state index contributed by atoms with van der Waals surface area (Å²) < 4.78 is 19.1. The Morgan fingerprint density at radius 1 is 0.889 bits per heavy atom. The van der Waals surface area contributed by atoms with Gasteiger partial charge < -0.3 is 0 Å². The Kier molecular flexibility index (Phi) is 3.27. The van der Waals surface area contributed by atoms with Crippen LogP contribution < -0.4 is 0 Å². The van der Waals surface area contributed by atoms with Crippen LogP contribution in [0, 0.1) is 5.82 Å². The van der Waals surface area contributed by atoms with Crippen LogP contribution in [0.2, 0.25) is 0 Å². The zero-order chi connectivity index (χ0) is 12.4. The third-order valence-electron chi connectivity index (χ3n) is 2.69. The summed E-state index contributed by atoms with van der Waals surface area (Å²) in [6, 6.07) is 16.9. The summed E-state index contributed by atoms with van der Waals surface area (Å²) >= 11 is -0.536. The molecule has 89 valence electrons. The van der Waals surface area contributed by atoms with Gasteiger partial charge in [-0.1, -0.05) is 0 Å². The molecule has 0 unspecified atom stereocenters. The summed E-state index contributed by atoms with van der Waals surface area (Å²) in [5.74, 6) is 0.702. The molecule has 0 aromatic heterocycles. The van der Waals surface area contributed by atoms with E-state index in [4.69, 9.17) is 0 Å². The molecule has 0 atom stereocenters. The van der Waals surface area contributed by atoms with Gasteiger partial charge in [-0.2, -0.15) is 0 Å². The van der Waals surface area contributed by atoms with E-state index in [2.05, 4.69) is 21.3 Å². The molecule has 0 saturated carbocycles. The minimum atomic E-state index is -0.536. The van der Waals surface area contributed by atoms with E-state index in [1.165, 1.54) is 21.2 Å². The first-order valence-electron chi connectivity index (χ1n) is 5.61. The van der Waals surface area contributed by atoms with E-state index in [1.54, 1.807) is 6.07 Å². The van der Waals surface area contributed by atoms with E-state index in [-0.39, 0.29) is 5.82 Å². The van der Waals surface area contributed by atoms with E-state index < -0.39 is 20.9 Å². The van der Waals surface area contributed by atoms with Gasteiger partial charge in [-0.3, -0.25) is 0 Å². The molecular formula is C15H11FOTe+. The van der Waals surface area contributed by atoms with E-state index in [0.29, 0.717) is 0 Å². The molecule has 1 aliphatic rings. The molecule has 0 fully saturated rings. The predicted molar refractivity (Wildman–Crippen MR) is 72.9 cm³/mol. The minimum absolute atomic E-state index is 0.211. The van der Waals surface area contributed by atoms with Crippen molar-refractivity contribution in [2.45, 2.75) is 0 Å². The van der Waals surface area contributed by atoms with Crippen LogP contribution in [0.4, 0.5) is 4.39 Å². The molecule has 1 aliphatic heterocycles. The molecule has 0 amide bonds. The number of aliphatic hydroxyl groups is 1. The molecule has 3 rings (SSSR count). The normalized spacial score (nSPS) is 13.8. The zero-order valence-corrected chi connectivity index (χ0v) is 11.8. The van der Waals surface area contributed by atoms with E-state index in [0.717, 1.165) is 11.3 Å². The van der Waals surface area contributed by atoms with Crippen molar-refractivity contribution in [1.82, 2.24) is 0 Å². The third kappa shape index (κ3) is 2.38. The summed E-state index contributed by atoms with van der Waals surface area (Å²) in [6.07, 6.45) is 2.09. The number of benzene rings is 2. The third-order valence-corrected chi connectivity index (χ3v) is 5.08. The maximum atomic E-state index is 13.2. The van der Waals surface area contributed by atoms with E-state index >= 15 is 0 Å². The predicted octanol–water partition coefficient (Wildman–Crippen LogP) is 2.55. The van der Waals surface area contributed by atoms with Crippen LogP contribution in [0.25, 0.3) is 5.76 Å². The van der Waals surface area contributed by atoms with Crippen molar-refractivity contribution in [3.05, 3.63) is 77.6 Å². The standard InChI is InChI=1S/C15H11FOTe/c16-13-8-4-7-12(9-13)14-10-15(18-17-14)11-5-2-1-3-6-11/h1-10,17H/q+1. The summed E-state index contributed by atoms with van der Waals surface area (Å²) in [5, 5.41) is 0. The Hall–Kier alpha value is -1.43. The molecule has 1 heterocycles. The Bertz CT molecular complexity index is 632. The van der Waals surface area contributed by atoms with Gasteiger partial charge in [-0.25, -0.2) is 0 Å². The van der Waals surface area contributed by atoms with Crippen molar-refractivity contribution in [1.29, 1.82) is 0 Å². The second kappa shape index (κ2) is 5.06. The molecule has 1 radical (unpaired) electrons. The zero-order valence-electron chi connectivity index (χ0n) is 9.51. The van der Waals surface area contributed by atoms with E-state index in [9.17, 15) is 4.39 Å². The summed E-state index contributed by atoms with van der Waals surface area (Å²) in [5.41, 5.74) is 2.10. The maximum absolute atomic E-state index is 13.2. The first-order valence-corrected chi connectivity index (χ1v) is 7.82. The van der Waals surface area contributed by atoms with Gasteiger partial charge in [0.25, 0.3) is 0 Å². The average molecular weight is 354 g/mol. The fourth-order valence-corrected chi connectivity index (χ4v) is 3.97. The molecule has 1 nitrogen and oxygen atoms in total. The van der Waals surface area contributed by atoms with Crippen molar-refractivity contribution < 1.29 is 7.49 Å². The SMILES string of the molecule is Fc1cccc(C2=CC(c3ccccc3)=[Te][OH+]2)c1. The van der Waals surface area contributed by atoms with Crippen LogP contribution in [-0.4, -0.2) is 27.5 Å². The topological polar surface area (TPSA) is 12.8 Å². The number of hydrogen-bond acceptors (Lipinski definition) is 0. The average Bonchev–Trinajstić information content (AvgIpc) is 2.89. The van der Waals surface area contributed by atoms with Crippen molar-refractivity contribution in [3.8, 4) is 0 Å². The Morgan fingerprint density at radius 3 is 2.44 bits per heavy atom. The molecule has 3 heteroatoms. The van der Waals surface area contributed by atoms with Crippen LogP contribution in [-0.2, 0) is 0 Å². The van der Waals surface area contributed by atoms with Crippen LogP contribution in [0.15, 0.2) is 60.7 Å². The number of rotatable bonds is 2. The molecule has 0 aliphatic carbocycles. The van der Waals surface area contributed by atoms with Gasteiger partial charge in [0.1, 0.15) is 0 Å². The van der Waals surface area contributed by atoms with Gasteiger partial charge in [0, 0.05) is 0 Å². The molecule has 0 saturated heterocycles. The van der Waals surface area contributed by atoms with Crippen molar-refractivity contribution in [3.63, 3.8) is 0 Å². The van der Waals surface area contributed by atoms with Crippen molar-refractivity contribution >= 4 is 30.2 Å². The van der Waals surface area contributed by atoms with Gasteiger partial charge in [-0.15, -0.1) is 0 Å². The van der Waals surface area contributed by atoms with Gasteiger partial charge >= 0.3 is 115 Å². The summed E-state index contributed by atoms with van der Waals surface area (Å²) in [4.78, 5) is 0. The number of halogens is 1. The van der Waals surface area contributed by atoms with Gasteiger partial charge in [-0.05, 0) is 0 Å². The number of allylic oxidation sites excluding steroid dienone is 1. The van der Waals surface area contributed by atoms with Crippen LogP contribution in [0.5, 0.6) is 0 Å². The first-order chi connectivity index (χ1) is 8.83. The quantitative estimate of drug-likeness (QED) is 0.581. The van der Waals surface area contributed by atoms with Gasteiger partial charge in [0.15, 0.2) is 0 Å². The first kappa shape index (κ1) is 11.6. The van der Waals surface area contributed by atoms with Gasteiger partial charge in [0.2, 0.25) is 0 Å².